The first kappa shape index (κ1) is 25.1. The largest absolute Gasteiger partial charge is 0.208 e. The molecule has 4 aromatic carbocycles. The summed E-state index contributed by atoms with van der Waals surface area (Å²) in [6.45, 7) is 6.37. The van der Waals surface area contributed by atoms with E-state index in [0.29, 0.717) is 17.5 Å². The molecule has 0 saturated carbocycles. The summed E-state index contributed by atoms with van der Waals surface area (Å²) in [7, 11) is 0. The zero-order chi connectivity index (χ0) is 26.3. The Morgan fingerprint density at radius 2 is 1.03 bits per heavy atom. The molecule has 3 heteroatoms. The monoisotopic (exact) mass is 493 g/mol. The van der Waals surface area contributed by atoms with Crippen LogP contribution in [0.25, 0.3) is 34.2 Å². The molecule has 0 saturated heterocycles. The number of hydrogen-bond acceptors (Lipinski definition) is 3. The van der Waals surface area contributed by atoms with Crippen molar-refractivity contribution in [2.45, 2.75) is 40.0 Å². The topological polar surface area (TPSA) is 38.7 Å². The van der Waals surface area contributed by atoms with Crippen molar-refractivity contribution < 1.29 is 0 Å². The molecule has 0 N–H and O–H groups in total. The summed E-state index contributed by atoms with van der Waals surface area (Å²) in [5.41, 5.74) is 8.57. The third-order valence-electron chi connectivity index (χ3n) is 6.46. The Morgan fingerprint density at radius 3 is 1.50 bits per heavy atom. The fraction of sp³-hybridized carbons (Fsp3) is 0.171. The molecular weight excluding hydrogens is 462 g/mol. The van der Waals surface area contributed by atoms with Gasteiger partial charge in [0.15, 0.2) is 17.5 Å². The van der Waals surface area contributed by atoms with Gasteiger partial charge in [-0.15, -0.1) is 0 Å². The molecule has 0 spiro atoms. The van der Waals surface area contributed by atoms with E-state index in [2.05, 4.69) is 81.1 Å². The molecule has 38 heavy (non-hydrogen) atoms. The predicted octanol–water partition coefficient (Wildman–Crippen LogP) is 8.23. The minimum Gasteiger partial charge on any atom is -0.208 e. The maximum atomic E-state index is 4.86. The minimum atomic E-state index is 0.648. The second-order valence-electron chi connectivity index (χ2n) is 9.67. The van der Waals surface area contributed by atoms with Crippen molar-refractivity contribution in [1.82, 2.24) is 15.0 Å². The zero-order valence-corrected chi connectivity index (χ0v) is 22.2. The summed E-state index contributed by atoms with van der Waals surface area (Å²) in [5.74, 6) is 8.55. The number of unbranched alkanes of at least 4 members (excludes halogenated alkanes) is 1. The average Bonchev–Trinajstić information content (AvgIpc) is 2.95. The van der Waals surface area contributed by atoms with Crippen molar-refractivity contribution in [3.63, 3.8) is 0 Å². The molecule has 0 amide bonds. The van der Waals surface area contributed by atoms with E-state index in [0.717, 1.165) is 34.2 Å². The van der Waals surface area contributed by atoms with Crippen LogP contribution in [-0.2, 0) is 6.42 Å². The van der Waals surface area contributed by atoms with Crippen LogP contribution in [0.1, 0.15) is 47.6 Å². The highest BCUT2D eigenvalue weighted by molar-refractivity contribution is 5.67. The van der Waals surface area contributed by atoms with Crippen molar-refractivity contribution in [2.24, 2.45) is 0 Å². The molecule has 0 aliphatic heterocycles. The van der Waals surface area contributed by atoms with Crippen LogP contribution in [0.3, 0.4) is 0 Å². The van der Waals surface area contributed by atoms with E-state index < -0.39 is 0 Å². The number of aryl methyl sites for hydroxylation is 3. The first-order valence-corrected chi connectivity index (χ1v) is 13.2. The number of aromatic nitrogens is 3. The first-order chi connectivity index (χ1) is 18.6. The zero-order valence-electron chi connectivity index (χ0n) is 22.2. The van der Waals surface area contributed by atoms with Gasteiger partial charge in [0.2, 0.25) is 0 Å². The van der Waals surface area contributed by atoms with Gasteiger partial charge in [0.1, 0.15) is 0 Å². The number of rotatable bonds is 6. The number of benzene rings is 4. The minimum absolute atomic E-state index is 0.648. The lowest BCUT2D eigenvalue weighted by Crippen LogP contribution is -2.00. The standard InChI is InChI=1S/C35H31N3/c1-4-5-10-27-13-15-28(16-14-27)17-18-29-19-21-30(22-20-29)33-36-34(31-11-6-8-25(2)23-31)38-35(37-33)32-12-7-9-26(3)24-32/h6-9,11-16,19-24H,4-5,10H2,1-3H3. The lowest BCUT2D eigenvalue weighted by atomic mass is 10.1. The van der Waals surface area contributed by atoms with Gasteiger partial charge in [-0.1, -0.05) is 84.8 Å². The maximum Gasteiger partial charge on any atom is 0.164 e. The van der Waals surface area contributed by atoms with E-state index in [1.807, 2.05) is 48.5 Å². The molecule has 5 aromatic rings. The normalized spacial score (nSPS) is 10.6. The summed E-state index contributed by atoms with van der Waals surface area (Å²) in [5, 5.41) is 0. The van der Waals surface area contributed by atoms with Crippen molar-refractivity contribution >= 4 is 0 Å². The lowest BCUT2D eigenvalue weighted by molar-refractivity contribution is 0.795. The van der Waals surface area contributed by atoms with Crippen LogP contribution in [0.2, 0.25) is 0 Å². The summed E-state index contributed by atoms with van der Waals surface area (Å²) in [6, 6.07) is 33.2. The van der Waals surface area contributed by atoms with Crippen LogP contribution >= 0.6 is 0 Å². The molecular formula is C35H31N3. The molecule has 1 heterocycles. The Labute approximate surface area is 225 Å². The van der Waals surface area contributed by atoms with Gasteiger partial charge >= 0.3 is 0 Å². The summed E-state index contributed by atoms with van der Waals surface area (Å²) in [4.78, 5) is 14.6. The van der Waals surface area contributed by atoms with E-state index in [9.17, 15) is 0 Å². The van der Waals surface area contributed by atoms with Gasteiger partial charge in [-0.25, -0.2) is 15.0 Å². The molecule has 0 atom stereocenters. The fourth-order valence-electron chi connectivity index (χ4n) is 4.31. The van der Waals surface area contributed by atoms with Gasteiger partial charge < -0.3 is 0 Å². The van der Waals surface area contributed by atoms with E-state index in [1.54, 1.807) is 0 Å². The van der Waals surface area contributed by atoms with Crippen molar-refractivity contribution in [3.05, 3.63) is 125 Å². The summed E-state index contributed by atoms with van der Waals surface area (Å²) < 4.78 is 0. The maximum absolute atomic E-state index is 4.86. The molecule has 0 aliphatic rings. The highest BCUT2D eigenvalue weighted by Gasteiger charge is 2.12. The van der Waals surface area contributed by atoms with E-state index in [4.69, 9.17) is 15.0 Å². The Bertz CT molecular complexity index is 1540. The molecule has 0 unspecified atom stereocenters. The molecule has 3 nitrogen and oxygen atoms in total. The van der Waals surface area contributed by atoms with Crippen molar-refractivity contribution in [2.75, 3.05) is 0 Å². The molecule has 0 radical (unpaired) electrons. The fourth-order valence-corrected chi connectivity index (χ4v) is 4.31. The highest BCUT2D eigenvalue weighted by Crippen LogP contribution is 2.25. The second-order valence-corrected chi connectivity index (χ2v) is 9.67. The van der Waals surface area contributed by atoms with Gasteiger partial charge in [-0.2, -0.15) is 0 Å². The molecule has 5 rings (SSSR count). The van der Waals surface area contributed by atoms with Gasteiger partial charge in [0.25, 0.3) is 0 Å². The van der Waals surface area contributed by atoms with Crippen LogP contribution in [0.4, 0.5) is 0 Å². The Balaban J connectivity index is 1.45. The van der Waals surface area contributed by atoms with E-state index >= 15 is 0 Å². The Kier molecular flexibility index (Phi) is 7.71. The second kappa shape index (κ2) is 11.7. The van der Waals surface area contributed by atoms with Crippen molar-refractivity contribution in [3.8, 4) is 46.0 Å². The summed E-state index contributed by atoms with van der Waals surface area (Å²) >= 11 is 0. The number of nitrogens with zero attached hydrogens (tertiary/aromatic N) is 3. The van der Waals surface area contributed by atoms with Crippen LogP contribution in [0.5, 0.6) is 0 Å². The lowest BCUT2D eigenvalue weighted by Gasteiger charge is -2.09. The van der Waals surface area contributed by atoms with E-state index in [-0.39, 0.29) is 0 Å². The third-order valence-corrected chi connectivity index (χ3v) is 6.46. The number of hydrogen-bond donors (Lipinski definition) is 0. The van der Waals surface area contributed by atoms with Crippen LogP contribution in [0.15, 0.2) is 97.1 Å². The first-order valence-electron chi connectivity index (χ1n) is 13.2. The predicted molar refractivity (Wildman–Crippen MR) is 157 cm³/mol. The van der Waals surface area contributed by atoms with Gasteiger partial charge in [-0.05, 0) is 80.8 Å². The van der Waals surface area contributed by atoms with Crippen LogP contribution < -0.4 is 0 Å². The quantitative estimate of drug-likeness (QED) is 0.224. The average molecular weight is 494 g/mol. The smallest absolute Gasteiger partial charge is 0.164 e. The van der Waals surface area contributed by atoms with Crippen LogP contribution in [-0.4, -0.2) is 15.0 Å². The highest BCUT2D eigenvalue weighted by atomic mass is 15.0. The molecule has 186 valence electrons. The summed E-state index contributed by atoms with van der Waals surface area (Å²) in [6.07, 6.45) is 3.56. The SMILES string of the molecule is CCCCc1ccc(C#Cc2ccc(-c3nc(-c4cccc(C)c4)nc(-c4cccc(C)c4)n3)cc2)cc1. The molecule has 0 fully saturated rings. The van der Waals surface area contributed by atoms with E-state index in [1.165, 1.54) is 29.5 Å². The van der Waals surface area contributed by atoms with Gasteiger partial charge in [-0.3, -0.25) is 0 Å². The third kappa shape index (κ3) is 6.22. The molecule has 0 aliphatic carbocycles. The van der Waals surface area contributed by atoms with Gasteiger partial charge in [0, 0.05) is 27.8 Å². The van der Waals surface area contributed by atoms with Crippen LogP contribution in [0, 0.1) is 25.7 Å². The molecule has 0 bridgehead atoms. The Morgan fingerprint density at radius 1 is 0.553 bits per heavy atom. The van der Waals surface area contributed by atoms with Gasteiger partial charge in [0.05, 0.1) is 0 Å². The Hall–Kier alpha value is -4.55. The molecule has 1 aromatic heterocycles. The van der Waals surface area contributed by atoms with Crippen molar-refractivity contribution in [1.29, 1.82) is 0 Å².